The Hall–Kier alpha value is -2.08. The molecule has 1 aliphatic rings. The molecule has 0 bridgehead atoms. The fourth-order valence-electron chi connectivity index (χ4n) is 1.97. The van der Waals surface area contributed by atoms with Crippen LogP contribution in [0.4, 0.5) is 5.00 Å². The summed E-state index contributed by atoms with van der Waals surface area (Å²) < 4.78 is 0. The molecule has 1 heterocycles. The van der Waals surface area contributed by atoms with E-state index in [1.807, 2.05) is 12.2 Å². The molecule has 19 heavy (non-hydrogen) atoms. The van der Waals surface area contributed by atoms with Crippen molar-refractivity contribution in [2.24, 2.45) is 5.73 Å². The van der Waals surface area contributed by atoms with Gasteiger partial charge in [-0.15, -0.1) is 11.3 Å². The Morgan fingerprint density at radius 3 is 2.74 bits per heavy atom. The average Bonchev–Trinajstić information content (AvgIpc) is 2.71. The van der Waals surface area contributed by atoms with Gasteiger partial charge in [-0.25, -0.2) is 0 Å². The number of hydrogen-bond donors (Lipinski definition) is 3. The third-order valence-electron chi connectivity index (χ3n) is 2.79. The molecule has 0 saturated carbocycles. The van der Waals surface area contributed by atoms with Crippen molar-refractivity contribution in [1.29, 1.82) is 0 Å². The summed E-state index contributed by atoms with van der Waals surface area (Å²) in [7, 11) is 0. The van der Waals surface area contributed by atoms with Crippen molar-refractivity contribution < 1.29 is 9.59 Å². The summed E-state index contributed by atoms with van der Waals surface area (Å²) in [6, 6.07) is 1.68. The number of anilines is 1. The Morgan fingerprint density at radius 2 is 2.16 bits per heavy atom. The molecule has 1 aromatic heterocycles. The highest BCUT2D eigenvalue weighted by Crippen LogP contribution is 2.34. The molecule has 0 unspecified atom stereocenters. The number of carbonyl (C=O) groups excluding carboxylic acids is 2. The third kappa shape index (κ3) is 2.85. The lowest BCUT2D eigenvalue weighted by atomic mass is 10.0. The SMILES string of the molecule is CC(=O)NC1=C(c2cc(C(N)=O)c(N)s2)C=CCC1. The largest absolute Gasteiger partial charge is 0.390 e. The molecule has 1 aromatic rings. The topological polar surface area (TPSA) is 98.2 Å². The Bertz CT molecular complexity index is 599. The number of rotatable bonds is 3. The highest BCUT2D eigenvalue weighted by atomic mass is 32.1. The Labute approximate surface area is 115 Å². The van der Waals surface area contributed by atoms with Gasteiger partial charge in [0.15, 0.2) is 0 Å². The maximum absolute atomic E-state index is 11.2. The molecule has 2 rings (SSSR count). The molecule has 0 saturated heterocycles. The summed E-state index contributed by atoms with van der Waals surface area (Å²) in [5.74, 6) is -0.649. The maximum Gasteiger partial charge on any atom is 0.251 e. The summed E-state index contributed by atoms with van der Waals surface area (Å²) in [5.41, 5.74) is 13.1. The minimum atomic E-state index is -0.540. The van der Waals surface area contributed by atoms with Gasteiger partial charge in [0.1, 0.15) is 0 Å². The van der Waals surface area contributed by atoms with Crippen molar-refractivity contribution >= 4 is 33.7 Å². The molecule has 5 nitrogen and oxygen atoms in total. The van der Waals surface area contributed by atoms with E-state index in [9.17, 15) is 9.59 Å². The molecule has 0 spiro atoms. The molecule has 6 heteroatoms. The van der Waals surface area contributed by atoms with Crippen molar-refractivity contribution in [3.63, 3.8) is 0 Å². The number of nitrogens with one attached hydrogen (secondary N) is 1. The lowest BCUT2D eigenvalue weighted by Gasteiger charge is -2.15. The molecular weight excluding hydrogens is 262 g/mol. The van der Waals surface area contributed by atoms with Crippen LogP contribution in [0.3, 0.4) is 0 Å². The average molecular weight is 277 g/mol. The first-order valence-electron chi connectivity index (χ1n) is 5.86. The maximum atomic E-state index is 11.2. The van der Waals surface area contributed by atoms with Crippen LogP contribution in [0.15, 0.2) is 23.9 Å². The van der Waals surface area contributed by atoms with E-state index in [1.54, 1.807) is 6.07 Å². The second-order valence-corrected chi connectivity index (χ2v) is 5.35. The van der Waals surface area contributed by atoms with E-state index < -0.39 is 5.91 Å². The van der Waals surface area contributed by atoms with Crippen LogP contribution in [0.5, 0.6) is 0 Å². The Kier molecular flexibility index (Phi) is 3.71. The standard InChI is InChI=1S/C13H15N3O2S/c1-7(17)16-10-5-3-2-4-8(10)11-6-9(12(14)18)13(15)19-11/h2,4,6H,3,5,15H2,1H3,(H2,14,18)(H,16,17). The summed E-state index contributed by atoms with van der Waals surface area (Å²) in [6.45, 7) is 1.47. The minimum absolute atomic E-state index is 0.109. The number of nitrogens with two attached hydrogens (primary N) is 2. The molecule has 1 aliphatic carbocycles. The van der Waals surface area contributed by atoms with E-state index in [4.69, 9.17) is 11.5 Å². The third-order valence-corrected chi connectivity index (χ3v) is 3.79. The number of nitrogen functional groups attached to an aromatic ring is 1. The fourth-order valence-corrected chi connectivity index (χ4v) is 2.95. The van der Waals surface area contributed by atoms with Gasteiger partial charge in [0.2, 0.25) is 5.91 Å². The first kappa shape index (κ1) is 13.4. The van der Waals surface area contributed by atoms with Gasteiger partial charge in [-0.1, -0.05) is 12.2 Å². The van der Waals surface area contributed by atoms with Gasteiger partial charge >= 0.3 is 0 Å². The van der Waals surface area contributed by atoms with Gasteiger partial charge in [0.05, 0.1) is 10.6 Å². The number of primary amides is 1. The minimum Gasteiger partial charge on any atom is -0.390 e. The first-order chi connectivity index (χ1) is 8.99. The molecular formula is C13H15N3O2S. The van der Waals surface area contributed by atoms with E-state index >= 15 is 0 Å². The van der Waals surface area contributed by atoms with Crippen LogP contribution < -0.4 is 16.8 Å². The summed E-state index contributed by atoms with van der Waals surface area (Å²) in [5, 5.41) is 3.23. The van der Waals surface area contributed by atoms with E-state index in [0.29, 0.717) is 10.6 Å². The number of carbonyl (C=O) groups is 2. The van der Waals surface area contributed by atoms with Gasteiger partial charge in [-0.2, -0.15) is 0 Å². The van der Waals surface area contributed by atoms with Crippen LogP contribution >= 0.6 is 11.3 Å². The van der Waals surface area contributed by atoms with E-state index in [1.165, 1.54) is 18.3 Å². The van der Waals surface area contributed by atoms with Crippen LogP contribution in [0.25, 0.3) is 5.57 Å². The summed E-state index contributed by atoms with van der Waals surface area (Å²) in [6.07, 6.45) is 5.60. The van der Waals surface area contributed by atoms with E-state index in [0.717, 1.165) is 29.0 Å². The highest BCUT2D eigenvalue weighted by molar-refractivity contribution is 7.17. The molecule has 0 atom stereocenters. The normalized spacial score (nSPS) is 14.6. The summed E-state index contributed by atoms with van der Waals surface area (Å²) in [4.78, 5) is 23.3. The van der Waals surface area contributed by atoms with Crippen molar-refractivity contribution in [3.05, 3.63) is 34.4 Å². The molecule has 100 valence electrons. The molecule has 5 N–H and O–H groups in total. The van der Waals surface area contributed by atoms with Crippen molar-refractivity contribution in [2.75, 3.05) is 5.73 Å². The predicted molar refractivity (Wildman–Crippen MR) is 76.4 cm³/mol. The van der Waals surface area contributed by atoms with Crippen molar-refractivity contribution in [3.8, 4) is 0 Å². The van der Waals surface area contributed by atoms with Crippen LogP contribution in [0.1, 0.15) is 35.0 Å². The second kappa shape index (κ2) is 5.27. The quantitative estimate of drug-likeness (QED) is 0.783. The lowest BCUT2D eigenvalue weighted by Crippen LogP contribution is -2.21. The van der Waals surface area contributed by atoms with E-state index in [2.05, 4.69) is 5.32 Å². The number of amides is 2. The van der Waals surface area contributed by atoms with E-state index in [-0.39, 0.29) is 5.91 Å². The van der Waals surface area contributed by atoms with Gasteiger partial charge in [-0.3, -0.25) is 9.59 Å². The van der Waals surface area contributed by atoms with Crippen molar-refractivity contribution in [2.45, 2.75) is 19.8 Å². The Morgan fingerprint density at radius 1 is 1.42 bits per heavy atom. The van der Waals surface area contributed by atoms with Crippen LogP contribution in [-0.4, -0.2) is 11.8 Å². The number of hydrogen-bond acceptors (Lipinski definition) is 4. The first-order valence-corrected chi connectivity index (χ1v) is 6.67. The second-order valence-electron chi connectivity index (χ2n) is 4.27. The predicted octanol–water partition coefficient (Wildman–Crippen LogP) is 1.63. The zero-order valence-corrected chi connectivity index (χ0v) is 11.3. The fraction of sp³-hybridized carbons (Fsp3) is 0.231. The summed E-state index contributed by atoms with van der Waals surface area (Å²) >= 11 is 1.30. The van der Waals surface area contributed by atoms with Crippen LogP contribution in [-0.2, 0) is 4.79 Å². The van der Waals surface area contributed by atoms with Gasteiger partial charge in [-0.05, 0) is 18.9 Å². The zero-order valence-electron chi connectivity index (χ0n) is 10.5. The lowest BCUT2D eigenvalue weighted by molar-refractivity contribution is -0.118. The van der Waals surface area contributed by atoms with Crippen LogP contribution in [0.2, 0.25) is 0 Å². The number of thiophene rings is 1. The van der Waals surface area contributed by atoms with Crippen molar-refractivity contribution in [1.82, 2.24) is 5.32 Å². The smallest absolute Gasteiger partial charge is 0.251 e. The number of allylic oxidation sites excluding steroid dienone is 4. The molecule has 0 aliphatic heterocycles. The molecule has 0 aromatic carbocycles. The molecule has 0 radical (unpaired) electrons. The highest BCUT2D eigenvalue weighted by Gasteiger charge is 2.17. The van der Waals surface area contributed by atoms with Gasteiger partial charge in [0.25, 0.3) is 5.91 Å². The van der Waals surface area contributed by atoms with Gasteiger partial charge < -0.3 is 16.8 Å². The zero-order chi connectivity index (χ0) is 14.0. The molecule has 2 amide bonds. The van der Waals surface area contributed by atoms with Gasteiger partial charge in [0, 0.05) is 23.1 Å². The monoisotopic (exact) mass is 277 g/mol. The molecule has 0 fully saturated rings. The Balaban J connectivity index is 2.45. The van der Waals surface area contributed by atoms with Crippen LogP contribution in [0, 0.1) is 0 Å².